The van der Waals surface area contributed by atoms with Crippen LogP contribution in [0.25, 0.3) is 10.9 Å². The molecule has 0 radical (unpaired) electrons. The molecule has 0 aliphatic heterocycles. The second-order valence-corrected chi connectivity index (χ2v) is 5.82. The fraction of sp³-hybridized carbons (Fsp3) is 0.500. The van der Waals surface area contributed by atoms with Gasteiger partial charge in [0.1, 0.15) is 5.52 Å². The van der Waals surface area contributed by atoms with Crippen LogP contribution in [-0.2, 0) is 0 Å². The summed E-state index contributed by atoms with van der Waals surface area (Å²) in [6, 6.07) is 1.85. The van der Waals surface area contributed by atoms with Crippen molar-refractivity contribution in [1.29, 1.82) is 0 Å². The maximum atomic E-state index is 12.1. The smallest absolute Gasteiger partial charge is 0.238 e. The molecule has 1 unspecified atom stereocenters. The number of rotatable bonds is 4. The highest BCUT2D eigenvalue weighted by molar-refractivity contribution is 9.10. The Labute approximate surface area is 134 Å². The van der Waals surface area contributed by atoms with E-state index in [2.05, 4.69) is 39.7 Å². The van der Waals surface area contributed by atoms with Crippen LogP contribution in [0, 0.1) is 5.92 Å². The van der Waals surface area contributed by atoms with Crippen molar-refractivity contribution in [3.05, 3.63) is 22.4 Å². The Bertz CT molecular complexity index is 608. The van der Waals surface area contributed by atoms with Crippen molar-refractivity contribution in [2.24, 2.45) is 5.92 Å². The summed E-state index contributed by atoms with van der Waals surface area (Å²) in [7, 11) is 1.56. The standard InChI is InChI=1S/C13H15BrN2O2.C3H8/c1-4-7(2)12(17)10-5-8-9(14)6-15-13(18-3)11(8)16-10;1-3-2/h5-7,16H,4H2,1-3H3;3H2,1-2H3. The Hall–Kier alpha value is -1.36. The number of hydrogen-bond donors (Lipinski definition) is 1. The first kappa shape index (κ1) is 17.7. The molecule has 0 bridgehead atoms. The van der Waals surface area contributed by atoms with Crippen LogP contribution in [0.1, 0.15) is 51.0 Å². The van der Waals surface area contributed by atoms with Crippen molar-refractivity contribution in [2.45, 2.75) is 40.5 Å². The molecule has 2 aromatic heterocycles. The summed E-state index contributed by atoms with van der Waals surface area (Å²) in [6.45, 7) is 8.18. The predicted molar refractivity (Wildman–Crippen MR) is 90.1 cm³/mol. The van der Waals surface area contributed by atoms with Crippen LogP contribution in [0.2, 0.25) is 0 Å². The number of carbonyl (C=O) groups excluding carboxylic acids is 1. The van der Waals surface area contributed by atoms with Crippen LogP contribution in [0.4, 0.5) is 0 Å². The summed E-state index contributed by atoms with van der Waals surface area (Å²) in [5.41, 5.74) is 1.35. The number of ketones is 1. The third-order valence-electron chi connectivity index (χ3n) is 3.10. The van der Waals surface area contributed by atoms with Gasteiger partial charge >= 0.3 is 0 Å². The van der Waals surface area contributed by atoms with Gasteiger partial charge in [-0.25, -0.2) is 4.98 Å². The molecule has 2 rings (SSSR count). The predicted octanol–water partition coefficient (Wildman–Crippen LogP) is 4.98. The first-order chi connectivity index (χ1) is 9.99. The number of carbonyl (C=O) groups is 1. The SMILES string of the molecule is CCC.CCC(C)C(=O)c1cc2c(Br)cnc(OC)c2[nH]1. The number of aromatic nitrogens is 2. The van der Waals surface area contributed by atoms with Crippen LogP contribution < -0.4 is 4.74 Å². The second-order valence-electron chi connectivity index (χ2n) is 4.97. The molecule has 2 aromatic rings. The lowest BCUT2D eigenvalue weighted by Gasteiger charge is -2.04. The third kappa shape index (κ3) is 4.06. The van der Waals surface area contributed by atoms with Crippen LogP contribution in [0.3, 0.4) is 0 Å². The molecule has 0 aromatic carbocycles. The molecular formula is C16H23BrN2O2. The highest BCUT2D eigenvalue weighted by Crippen LogP contribution is 2.30. The van der Waals surface area contributed by atoms with Crippen LogP contribution in [0.5, 0.6) is 5.88 Å². The number of methoxy groups -OCH3 is 1. The number of fused-ring (bicyclic) bond motifs is 1. The quantitative estimate of drug-likeness (QED) is 0.787. The minimum Gasteiger partial charge on any atom is -0.479 e. The van der Waals surface area contributed by atoms with Crippen LogP contribution in [-0.4, -0.2) is 22.9 Å². The number of hydrogen-bond acceptors (Lipinski definition) is 3. The van der Waals surface area contributed by atoms with Gasteiger partial charge in [-0.3, -0.25) is 4.79 Å². The normalized spacial score (nSPS) is 11.7. The van der Waals surface area contributed by atoms with Gasteiger partial charge < -0.3 is 9.72 Å². The number of H-pyrrole nitrogens is 1. The number of nitrogens with one attached hydrogen (secondary N) is 1. The largest absolute Gasteiger partial charge is 0.479 e. The Balaban J connectivity index is 0.000000677. The highest BCUT2D eigenvalue weighted by atomic mass is 79.9. The summed E-state index contributed by atoms with van der Waals surface area (Å²) < 4.78 is 6.03. The number of halogens is 1. The molecule has 0 saturated carbocycles. The third-order valence-corrected chi connectivity index (χ3v) is 3.73. The number of Topliss-reactive ketones (excluding diaryl/α,β-unsaturated/α-hetero) is 1. The molecule has 21 heavy (non-hydrogen) atoms. The lowest BCUT2D eigenvalue weighted by Crippen LogP contribution is -2.10. The minimum atomic E-state index is 0.00999. The molecule has 5 heteroatoms. The van der Waals surface area contributed by atoms with E-state index < -0.39 is 0 Å². The average molecular weight is 355 g/mol. The molecule has 1 N–H and O–H groups in total. The first-order valence-corrected chi connectivity index (χ1v) is 8.04. The van der Waals surface area contributed by atoms with Gasteiger partial charge in [-0.15, -0.1) is 0 Å². The van der Waals surface area contributed by atoms with E-state index in [1.807, 2.05) is 19.9 Å². The first-order valence-electron chi connectivity index (χ1n) is 7.25. The zero-order valence-electron chi connectivity index (χ0n) is 13.3. The number of pyridine rings is 1. The summed E-state index contributed by atoms with van der Waals surface area (Å²) in [5.74, 6) is 0.620. The molecule has 0 fully saturated rings. The molecule has 0 aliphatic rings. The monoisotopic (exact) mass is 354 g/mol. The molecule has 0 amide bonds. The Morgan fingerprint density at radius 3 is 2.57 bits per heavy atom. The topological polar surface area (TPSA) is 55.0 Å². The van der Waals surface area contributed by atoms with Gasteiger partial charge in [0.05, 0.1) is 12.8 Å². The van der Waals surface area contributed by atoms with Gasteiger partial charge in [0.15, 0.2) is 5.78 Å². The molecule has 0 saturated heterocycles. The zero-order valence-corrected chi connectivity index (χ0v) is 14.9. The zero-order chi connectivity index (χ0) is 16.0. The lowest BCUT2D eigenvalue weighted by atomic mass is 10.0. The van der Waals surface area contributed by atoms with E-state index in [9.17, 15) is 4.79 Å². The fourth-order valence-electron chi connectivity index (χ4n) is 1.80. The van der Waals surface area contributed by atoms with Gasteiger partial charge in [-0.2, -0.15) is 0 Å². The van der Waals surface area contributed by atoms with Crippen molar-refractivity contribution >= 4 is 32.6 Å². The van der Waals surface area contributed by atoms with Crippen molar-refractivity contribution in [3.8, 4) is 5.88 Å². The average Bonchev–Trinajstić information content (AvgIpc) is 2.93. The maximum absolute atomic E-state index is 12.1. The highest BCUT2D eigenvalue weighted by Gasteiger charge is 2.18. The van der Waals surface area contributed by atoms with Gasteiger partial charge in [-0.05, 0) is 28.4 Å². The molecule has 1 atom stereocenters. The van der Waals surface area contributed by atoms with Gasteiger partial charge in [-0.1, -0.05) is 34.1 Å². The van der Waals surface area contributed by atoms with E-state index in [0.29, 0.717) is 11.6 Å². The Morgan fingerprint density at radius 1 is 1.43 bits per heavy atom. The Morgan fingerprint density at radius 2 is 2.05 bits per heavy atom. The summed E-state index contributed by atoms with van der Waals surface area (Å²) in [6.07, 6.45) is 3.75. The van der Waals surface area contributed by atoms with Crippen LogP contribution in [0.15, 0.2) is 16.7 Å². The number of nitrogens with zero attached hydrogens (tertiary/aromatic N) is 1. The van der Waals surface area contributed by atoms with E-state index in [0.717, 1.165) is 21.8 Å². The Kier molecular flexibility index (Phi) is 6.89. The number of aromatic amines is 1. The van der Waals surface area contributed by atoms with E-state index in [1.165, 1.54) is 6.42 Å². The summed E-state index contributed by atoms with van der Waals surface area (Å²) in [4.78, 5) is 19.4. The van der Waals surface area contributed by atoms with Crippen LogP contribution >= 0.6 is 15.9 Å². The fourth-order valence-corrected chi connectivity index (χ4v) is 2.21. The molecular weight excluding hydrogens is 332 g/mol. The molecule has 4 nitrogen and oxygen atoms in total. The van der Waals surface area contributed by atoms with E-state index in [-0.39, 0.29) is 11.7 Å². The molecule has 0 aliphatic carbocycles. The van der Waals surface area contributed by atoms with Crippen molar-refractivity contribution < 1.29 is 9.53 Å². The summed E-state index contributed by atoms with van der Waals surface area (Å²) in [5, 5.41) is 0.911. The van der Waals surface area contributed by atoms with E-state index in [4.69, 9.17) is 4.74 Å². The van der Waals surface area contributed by atoms with E-state index in [1.54, 1.807) is 13.3 Å². The molecule has 2 heterocycles. The summed E-state index contributed by atoms with van der Waals surface area (Å²) >= 11 is 3.43. The minimum absolute atomic E-state index is 0.00999. The maximum Gasteiger partial charge on any atom is 0.238 e. The van der Waals surface area contributed by atoms with Crippen molar-refractivity contribution in [3.63, 3.8) is 0 Å². The van der Waals surface area contributed by atoms with Gasteiger partial charge in [0.25, 0.3) is 0 Å². The van der Waals surface area contributed by atoms with E-state index >= 15 is 0 Å². The van der Waals surface area contributed by atoms with Gasteiger partial charge in [0, 0.05) is 22.0 Å². The van der Waals surface area contributed by atoms with Gasteiger partial charge in [0.2, 0.25) is 5.88 Å². The number of ether oxygens (including phenoxy) is 1. The molecule has 0 spiro atoms. The van der Waals surface area contributed by atoms with Crippen molar-refractivity contribution in [1.82, 2.24) is 9.97 Å². The lowest BCUT2D eigenvalue weighted by molar-refractivity contribution is 0.0923. The second kappa shape index (κ2) is 8.17. The van der Waals surface area contributed by atoms with Crippen molar-refractivity contribution in [2.75, 3.05) is 7.11 Å². The molecule has 116 valence electrons.